The molecule has 2 unspecified atom stereocenters. The van der Waals surface area contributed by atoms with E-state index in [4.69, 9.17) is 16.3 Å². The van der Waals surface area contributed by atoms with E-state index in [-0.39, 0.29) is 6.61 Å². The van der Waals surface area contributed by atoms with Crippen LogP contribution in [0.5, 0.6) is 0 Å². The van der Waals surface area contributed by atoms with Crippen molar-refractivity contribution in [2.75, 3.05) is 5.32 Å². The molecule has 3 aromatic carbocycles. The van der Waals surface area contributed by atoms with Crippen LogP contribution in [0.2, 0.25) is 5.02 Å². The molecule has 0 saturated carbocycles. The van der Waals surface area contributed by atoms with Crippen LogP contribution >= 0.6 is 11.6 Å². The minimum atomic E-state index is -1.15. The van der Waals surface area contributed by atoms with Gasteiger partial charge in [0.1, 0.15) is 12.1 Å². The van der Waals surface area contributed by atoms with E-state index in [9.17, 15) is 19.5 Å². The number of rotatable bonds is 9. The second-order valence-electron chi connectivity index (χ2n) is 9.19. The lowest BCUT2D eigenvalue weighted by atomic mass is 10.0. The number of benzene rings is 3. The molecule has 3 aromatic rings. The fourth-order valence-electron chi connectivity index (χ4n) is 4.68. The summed E-state index contributed by atoms with van der Waals surface area (Å²) in [5.74, 6) is -1.61. The first kappa shape index (κ1) is 27.2. The molecule has 0 bridgehead atoms. The highest BCUT2D eigenvalue weighted by Gasteiger charge is 2.45. The Labute approximate surface area is 226 Å². The van der Waals surface area contributed by atoms with Crippen molar-refractivity contribution in [3.63, 3.8) is 0 Å². The van der Waals surface area contributed by atoms with Crippen molar-refractivity contribution in [3.8, 4) is 0 Å². The number of nitrogens with one attached hydrogen (secondary N) is 2. The second kappa shape index (κ2) is 12.6. The molecular formula is C29H30ClN3O5. The zero-order chi connectivity index (χ0) is 27.1. The summed E-state index contributed by atoms with van der Waals surface area (Å²) in [6, 6.07) is 22.2. The van der Waals surface area contributed by atoms with Gasteiger partial charge in [0, 0.05) is 10.7 Å². The summed E-state index contributed by atoms with van der Waals surface area (Å²) in [5, 5.41) is 15.8. The normalized spacial score (nSPS) is 18.4. The largest absolute Gasteiger partial charge is 0.480 e. The molecule has 0 spiro atoms. The Kier molecular flexibility index (Phi) is 8.99. The number of nitrogens with zero attached hydrogens (tertiary/aromatic N) is 1. The lowest BCUT2D eigenvalue weighted by molar-refractivity contribution is -0.152. The van der Waals surface area contributed by atoms with Gasteiger partial charge in [-0.1, -0.05) is 78.3 Å². The zero-order valence-corrected chi connectivity index (χ0v) is 21.7. The summed E-state index contributed by atoms with van der Waals surface area (Å²) in [4.78, 5) is 40.6. The Hall–Kier alpha value is -3.88. The first-order valence-electron chi connectivity index (χ1n) is 12.4. The van der Waals surface area contributed by atoms with Crippen LogP contribution in [0, 0.1) is 0 Å². The van der Waals surface area contributed by atoms with Crippen LogP contribution in [0.1, 0.15) is 36.9 Å². The van der Waals surface area contributed by atoms with Gasteiger partial charge in [0.15, 0.2) is 0 Å². The third-order valence-electron chi connectivity index (χ3n) is 6.57. The quantitative estimate of drug-likeness (QED) is 0.347. The molecular weight excluding hydrogens is 506 g/mol. The molecule has 1 aliphatic heterocycles. The van der Waals surface area contributed by atoms with E-state index < -0.39 is 42.1 Å². The van der Waals surface area contributed by atoms with E-state index in [0.29, 0.717) is 23.6 Å². The average molecular weight is 536 g/mol. The molecule has 0 aliphatic carbocycles. The summed E-state index contributed by atoms with van der Waals surface area (Å²) < 4.78 is 6.02. The molecule has 0 radical (unpaired) electrons. The number of carboxylic acids is 1. The van der Waals surface area contributed by atoms with Gasteiger partial charge in [-0.3, -0.25) is 4.79 Å². The number of ether oxygens (including phenoxy) is 1. The fourth-order valence-corrected chi connectivity index (χ4v) is 4.87. The Morgan fingerprint density at radius 2 is 1.68 bits per heavy atom. The molecule has 0 aromatic heterocycles. The van der Waals surface area contributed by atoms with Crippen LogP contribution in [0.4, 0.5) is 10.5 Å². The third-order valence-corrected chi connectivity index (χ3v) is 6.80. The minimum absolute atomic E-state index is 0.216. The van der Waals surface area contributed by atoms with Crippen molar-refractivity contribution >= 4 is 35.2 Å². The maximum absolute atomic E-state index is 14.1. The van der Waals surface area contributed by atoms with Gasteiger partial charge in [0.05, 0.1) is 18.8 Å². The molecule has 8 nitrogen and oxygen atoms in total. The van der Waals surface area contributed by atoms with Gasteiger partial charge in [-0.05, 0) is 49.1 Å². The first-order valence-corrected chi connectivity index (χ1v) is 12.8. The van der Waals surface area contributed by atoms with Gasteiger partial charge >= 0.3 is 12.0 Å². The van der Waals surface area contributed by atoms with Gasteiger partial charge in [-0.15, -0.1) is 0 Å². The van der Waals surface area contributed by atoms with E-state index in [1.165, 1.54) is 4.90 Å². The molecule has 9 heteroatoms. The lowest BCUT2D eigenvalue weighted by Crippen LogP contribution is -2.57. The SMILES string of the molecule is CC(OCc1ccccc1)C(NC(=O)Nc1cccc(Cl)c1)C(=O)N1[C@@H](C(=O)O)CC[C@H]1c1ccccc1. The van der Waals surface area contributed by atoms with Gasteiger partial charge in [0.2, 0.25) is 5.91 Å². The molecule has 1 aliphatic rings. The zero-order valence-electron chi connectivity index (χ0n) is 20.9. The highest BCUT2D eigenvalue weighted by molar-refractivity contribution is 6.30. The number of hydrogen-bond acceptors (Lipinski definition) is 4. The standard InChI is InChI=1S/C29H30ClN3O5/c1-19(38-18-20-9-4-2-5-10-20)26(32-29(37)31-23-14-8-13-22(30)17-23)27(34)33-24(15-16-25(33)28(35)36)21-11-6-3-7-12-21/h2-14,17,19,24-26H,15-16,18H2,1H3,(H,35,36)(H2,31,32,37)/t19?,24-,25+,26?/m0/s1. The molecule has 1 saturated heterocycles. The van der Waals surface area contributed by atoms with E-state index in [1.54, 1.807) is 31.2 Å². The number of urea groups is 1. The number of carbonyl (C=O) groups excluding carboxylic acids is 2. The number of halogens is 1. The van der Waals surface area contributed by atoms with Gasteiger partial charge in [-0.2, -0.15) is 0 Å². The maximum Gasteiger partial charge on any atom is 0.326 e. The van der Waals surface area contributed by atoms with E-state index in [0.717, 1.165) is 11.1 Å². The van der Waals surface area contributed by atoms with Crippen LogP contribution in [0.25, 0.3) is 0 Å². The first-order chi connectivity index (χ1) is 18.3. The van der Waals surface area contributed by atoms with Crippen molar-refractivity contribution in [1.82, 2.24) is 10.2 Å². The lowest BCUT2D eigenvalue weighted by Gasteiger charge is -2.34. The molecule has 1 heterocycles. The summed E-state index contributed by atoms with van der Waals surface area (Å²) in [5.41, 5.74) is 2.19. The number of likely N-dealkylation sites (tertiary alicyclic amines) is 1. The van der Waals surface area contributed by atoms with Crippen molar-refractivity contribution in [2.24, 2.45) is 0 Å². The van der Waals surface area contributed by atoms with Crippen LogP contribution in [-0.2, 0) is 20.9 Å². The van der Waals surface area contributed by atoms with Crippen LogP contribution in [-0.4, -0.2) is 46.1 Å². The minimum Gasteiger partial charge on any atom is -0.480 e. The molecule has 4 atom stereocenters. The Bertz CT molecular complexity index is 1260. The summed E-state index contributed by atoms with van der Waals surface area (Å²) in [6.45, 7) is 1.91. The Morgan fingerprint density at radius 1 is 1.00 bits per heavy atom. The molecule has 38 heavy (non-hydrogen) atoms. The molecule has 3 amide bonds. The van der Waals surface area contributed by atoms with E-state index in [2.05, 4.69) is 10.6 Å². The van der Waals surface area contributed by atoms with Gasteiger partial charge < -0.3 is 25.4 Å². The Morgan fingerprint density at radius 3 is 2.34 bits per heavy atom. The van der Waals surface area contributed by atoms with Crippen molar-refractivity contribution in [1.29, 1.82) is 0 Å². The third kappa shape index (κ3) is 6.70. The van der Waals surface area contributed by atoms with Crippen LogP contribution < -0.4 is 10.6 Å². The molecule has 3 N–H and O–H groups in total. The van der Waals surface area contributed by atoms with E-state index >= 15 is 0 Å². The van der Waals surface area contributed by atoms with Crippen molar-refractivity contribution in [3.05, 3.63) is 101 Å². The Balaban J connectivity index is 1.60. The fraction of sp³-hybridized carbons (Fsp3) is 0.276. The summed E-state index contributed by atoms with van der Waals surface area (Å²) in [6.07, 6.45) is 0.0358. The molecule has 1 fully saturated rings. The number of anilines is 1. The number of hydrogen-bond donors (Lipinski definition) is 3. The van der Waals surface area contributed by atoms with Gasteiger partial charge in [-0.25, -0.2) is 9.59 Å². The number of amides is 3. The number of aliphatic carboxylic acids is 1. The second-order valence-corrected chi connectivity index (χ2v) is 9.63. The van der Waals surface area contributed by atoms with Crippen LogP contribution in [0.15, 0.2) is 84.9 Å². The predicted octanol–water partition coefficient (Wildman–Crippen LogP) is 5.25. The maximum atomic E-state index is 14.1. The topological polar surface area (TPSA) is 108 Å². The van der Waals surface area contributed by atoms with Crippen molar-refractivity contribution < 1.29 is 24.2 Å². The highest BCUT2D eigenvalue weighted by Crippen LogP contribution is 2.37. The predicted molar refractivity (Wildman–Crippen MR) is 145 cm³/mol. The number of carboxylic acid groups (broad SMARTS) is 1. The smallest absolute Gasteiger partial charge is 0.326 e. The van der Waals surface area contributed by atoms with Gasteiger partial charge in [0.25, 0.3) is 0 Å². The number of carbonyl (C=O) groups is 3. The average Bonchev–Trinajstić information content (AvgIpc) is 3.37. The molecule has 198 valence electrons. The summed E-state index contributed by atoms with van der Waals surface area (Å²) >= 11 is 6.03. The van der Waals surface area contributed by atoms with Crippen LogP contribution in [0.3, 0.4) is 0 Å². The monoisotopic (exact) mass is 535 g/mol. The van der Waals surface area contributed by atoms with E-state index in [1.807, 2.05) is 60.7 Å². The highest BCUT2D eigenvalue weighted by atomic mass is 35.5. The summed E-state index contributed by atoms with van der Waals surface area (Å²) in [7, 11) is 0. The van der Waals surface area contributed by atoms with Crippen molar-refractivity contribution in [2.45, 2.75) is 50.6 Å². The molecule has 4 rings (SSSR count).